The zero-order chi connectivity index (χ0) is 14.5. The lowest BCUT2D eigenvalue weighted by molar-refractivity contribution is 0.204. The third-order valence-electron chi connectivity index (χ3n) is 4.34. The predicted molar refractivity (Wildman–Crippen MR) is 88.4 cm³/mol. The Bertz CT molecular complexity index is 538. The molecule has 2 aromatic carbocycles. The summed E-state index contributed by atoms with van der Waals surface area (Å²) in [5, 5.41) is 3.73. The second-order valence-corrected chi connectivity index (χ2v) is 6.13. The topological polar surface area (TPSA) is 15.3 Å². The molecule has 0 aliphatic carbocycles. The maximum Gasteiger partial charge on any atom is 0.0208 e. The van der Waals surface area contributed by atoms with Crippen molar-refractivity contribution in [3.63, 3.8) is 0 Å². The first-order valence-corrected chi connectivity index (χ1v) is 7.82. The highest BCUT2D eigenvalue weighted by molar-refractivity contribution is 5.21. The van der Waals surface area contributed by atoms with Crippen molar-refractivity contribution in [3.05, 3.63) is 71.8 Å². The van der Waals surface area contributed by atoms with Crippen molar-refractivity contribution in [2.45, 2.75) is 24.9 Å². The molecule has 1 N–H and O–H groups in total. The van der Waals surface area contributed by atoms with Gasteiger partial charge in [0.2, 0.25) is 0 Å². The third kappa shape index (κ3) is 3.93. The van der Waals surface area contributed by atoms with Crippen LogP contribution >= 0.6 is 0 Å². The van der Waals surface area contributed by atoms with Crippen LogP contribution in [0.25, 0.3) is 0 Å². The number of rotatable bonds is 4. The summed E-state index contributed by atoms with van der Waals surface area (Å²) >= 11 is 0. The van der Waals surface area contributed by atoms with Gasteiger partial charge < -0.3 is 10.2 Å². The Balaban J connectivity index is 1.61. The number of likely N-dealkylation sites (N-methyl/N-ethyl adjacent to an activating group) is 1. The van der Waals surface area contributed by atoms with E-state index >= 15 is 0 Å². The van der Waals surface area contributed by atoms with Crippen LogP contribution in [0.2, 0.25) is 0 Å². The van der Waals surface area contributed by atoms with Gasteiger partial charge in [-0.2, -0.15) is 0 Å². The maximum absolute atomic E-state index is 3.73. The van der Waals surface area contributed by atoms with Crippen LogP contribution in [-0.2, 0) is 6.54 Å². The zero-order valence-electron chi connectivity index (χ0n) is 12.7. The first kappa shape index (κ1) is 14.3. The average Bonchev–Trinajstić information content (AvgIpc) is 2.54. The molecule has 2 unspecified atom stereocenters. The molecule has 0 saturated carbocycles. The predicted octanol–water partition coefficient (Wildman–Crippen LogP) is 3.26. The van der Waals surface area contributed by atoms with Crippen LogP contribution in [-0.4, -0.2) is 31.1 Å². The van der Waals surface area contributed by atoms with Crippen molar-refractivity contribution >= 4 is 0 Å². The van der Waals surface area contributed by atoms with E-state index in [1.807, 2.05) is 0 Å². The lowest BCUT2D eigenvalue weighted by atomic mass is 9.88. The van der Waals surface area contributed by atoms with Crippen molar-refractivity contribution in [2.24, 2.45) is 0 Å². The monoisotopic (exact) mass is 280 g/mol. The quantitative estimate of drug-likeness (QED) is 0.924. The molecule has 0 radical (unpaired) electrons. The zero-order valence-corrected chi connectivity index (χ0v) is 12.7. The fraction of sp³-hybridized carbons (Fsp3) is 0.368. The minimum absolute atomic E-state index is 0.564. The van der Waals surface area contributed by atoms with Gasteiger partial charge in [0, 0.05) is 25.7 Å². The van der Waals surface area contributed by atoms with E-state index in [-0.39, 0.29) is 0 Å². The summed E-state index contributed by atoms with van der Waals surface area (Å²) < 4.78 is 0. The molecule has 2 atom stereocenters. The molecule has 0 aromatic heterocycles. The number of hydrogen-bond acceptors (Lipinski definition) is 2. The van der Waals surface area contributed by atoms with Crippen LogP contribution in [0.5, 0.6) is 0 Å². The van der Waals surface area contributed by atoms with Crippen molar-refractivity contribution < 1.29 is 0 Å². The summed E-state index contributed by atoms with van der Waals surface area (Å²) in [6.07, 6.45) is 1.22. The van der Waals surface area contributed by atoms with Gasteiger partial charge in [-0.05, 0) is 30.5 Å². The van der Waals surface area contributed by atoms with E-state index in [2.05, 4.69) is 77.9 Å². The first-order chi connectivity index (χ1) is 10.3. The Morgan fingerprint density at radius 1 is 0.952 bits per heavy atom. The molecule has 2 aromatic rings. The van der Waals surface area contributed by atoms with Crippen LogP contribution < -0.4 is 5.32 Å². The van der Waals surface area contributed by atoms with Crippen molar-refractivity contribution in [1.82, 2.24) is 10.2 Å². The molecular formula is C19H24N2. The highest BCUT2D eigenvalue weighted by atomic mass is 15.1. The van der Waals surface area contributed by atoms with Crippen LogP contribution in [0.4, 0.5) is 0 Å². The third-order valence-corrected chi connectivity index (χ3v) is 4.34. The fourth-order valence-corrected chi connectivity index (χ4v) is 3.29. The van der Waals surface area contributed by atoms with Crippen molar-refractivity contribution in [3.8, 4) is 0 Å². The lowest BCUT2D eigenvalue weighted by Crippen LogP contribution is -2.46. The van der Waals surface area contributed by atoms with Gasteiger partial charge >= 0.3 is 0 Å². The van der Waals surface area contributed by atoms with E-state index in [0.29, 0.717) is 12.0 Å². The van der Waals surface area contributed by atoms with E-state index < -0.39 is 0 Å². The van der Waals surface area contributed by atoms with Gasteiger partial charge in [-0.25, -0.2) is 0 Å². The van der Waals surface area contributed by atoms with Gasteiger partial charge in [-0.1, -0.05) is 60.7 Å². The summed E-state index contributed by atoms with van der Waals surface area (Å²) in [7, 11) is 2.23. The highest BCUT2D eigenvalue weighted by Gasteiger charge is 2.25. The van der Waals surface area contributed by atoms with Crippen LogP contribution in [0.1, 0.15) is 23.5 Å². The SMILES string of the molecule is CN1CC(NCc2ccccc2)CC(c2ccccc2)C1. The molecule has 0 bridgehead atoms. The number of nitrogens with one attached hydrogen (secondary N) is 1. The molecular weight excluding hydrogens is 256 g/mol. The standard InChI is InChI=1S/C19H24N2/c1-21-14-18(17-10-6-3-7-11-17)12-19(15-21)20-13-16-8-4-2-5-9-16/h2-11,18-20H,12-15H2,1H3. The van der Waals surface area contributed by atoms with E-state index in [9.17, 15) is 0 Å². The van der Waals surface area contributed by atoms with Gasteiger partial charge in [-0.3, -0.25) is 0 Å². The Morgan fingerprint density at radius 3 is 2.33 bits per heavy atom. The summed E-state index contributed by atoms with van der Waals surface area (Å²) in [5.74, 6) is 0.637. The van der Waals surface area contributed by atoms with Crippen LogP contribution in [0.3, 0.4) is 0 Å². The van der Waals surface area contributed by atoms with Gasteiger partial charge in [0.05, 0.1) is 0 Å². The second kappa shape index (κ2) is 6.88. The Hall–Kier alpha value is -1.64. The minimum atomic E-state index is 0.564. The van der Waals surface area contributed by atoms with E-state index in [1.54, 1.807) is 0 Å². The molecule has 3 rings (SSSR count). The summed E-state index contributed by atoms with van der Waals surface area (Å²) in [6.45, 7) is 3.25. The van der Waals surface area contributed by atoms with Gasteiger partial charge in [-0.15, -0.1) is 0 Å². The van der Waals surface area contributed by atoms with E-state index in [0.717, 1.165) is 19.6 Å². The van der Waals surface area contributed by atoms with Crippen LogP contribution in [0.15, 0.2) is 60.7 Å². The molecule has 2 nitrogen and oxygen atoms in total. The molecule has 1 aliphatic heterocycles. The van der Waals surface area contributed by atoms with Crippen LogP contribution in [0, 0.1) is 0 Å². The summed E-state index contributed by atoms with van der Waals surface area (Å²) in [5.41, 5.74) is 2.83. The number of likely N-dealkylation sites (tertiary alicyclic amines) is 1. The smallest absolute Gasteiger partial charge is 0.0208 e. The molecule has 0 spiro atoms. The highest BCUT2D eigenvalue weighted by Crippen LogP contribution is 2.26. The summed E-state index contributed by atoms with van der Waals surface area (Å²) in [4.78, 5) is 2.45. The van der Waals surface area contributed by atoms with E-state index in [4.69, 9.17) is 0 Å². The molecule has 1 saturated heterocycles. The Labute approximate surface area is 127 Å². The lowest BCUT2D eigenvalue weighted by Gasteiger charge is -2.36. The number of piperidine rings is 1. The fourth-order valence-electron chi connectivity index (χ4n) is 3.29. The number of nitrogens with zero attached hydrogens (tertiary/aromatic N) is 1. The van der Waals surface area contributed by atoms with Crippen molar-refractivity contribution in [2.75, 3.05) is 20.1 Å². The molecule has 0 amide bonds. The Morgan fingerprint density at radius 2 is 1.62 bits per heavy atom. The van der Waals surface area contributed by atoms with Gasteiger partial charge in [0.25, 0.3) is 0 Å². The van der Waals surface area contributed by atoms with Gasteiger partial charge in [0.1, 0.15) is 0 Å². The van der Waals surface area contributed by atoms with Crippen molar-refractivity contribution in [1.29, 1.82) is 0 Å². The normalized spacial score (nSPS) is 23.1. The number of benzene rings is 2. The largest absolute Gasteiger partial charge is 0.309 e. The van der Waals surface area contributed by atoms with Gasteiger partial charge in [0.15, 0.2) is 0 Å². The maximum atomic E-state index is 3.73. The minimum Gasteiger partial charge on any atom is -0.309 e. The van der Waals surface area contributed by atoms with E-state index in [1.165, 1.54) is 17.5 Å². The molecule has 1 aliphatic rings. The molecule has 110 valence electrons. The molecule has 2 heteroatoms. The first-order valence-electron chi connectivity index (χ1n) is 7.82. The molecule has 21 heavy (non-hydrogen) atoms. The summed E-state index contributed by atoms with van der Waals surface area (Å²) in [6, 6.07) is 22.2. The number of hydrogen-bond donors (Lipinski definition) is 1. The Kier molecular flexibility index (Phi) is 4.69. The molecule has 1 fully saturated rings. The molecule has 1 heterocycles. The average molecular weight is 280 g/mol. The second-order valence-electron chi connectivity index (χ2n) is 6.13.